The van der Waals surface area contributed by atoms with Gasteiger partial charge in [0.25, 0.3) is 0 Å². The Kier molecular flexibility index (Phi) is 4.77. The zero-order chi connectivity index (χ0) is 18.8. The van der Waals surface area contributed by atoms with Crippen molar-refractivity contribution in [3.05, 3.63) is 76.6 Å². The number of hydrogen-bond acceptors (Lipinski definition) is 4. The quantitative estimate of drug-likeness (QED) is 0.699. The highest BCUT2D eigenvalue weighted by Crippen LogP contribution is 2.27. The van der Waals surface area contributed by atoms with Crippen molar-refractivity contribution in [2.75, 3.05) is 5.32 Å². The Bertz CT molecular complexity index is 1020. The fraction of sp³-hybridized carbons (Fsp3) is 0.190. The number of carbonyl (C=O) groups is 1. The molecule has 1 heterocycles. The summed E-state index contributed by atoms with van der Waals surface area (Å²) in [6.45, 7) is 2.51. The summed E-state index contributed by atoms with van der Waals surface area (Å²) < 4.78 is 1.81. The van der Waals surface area contributed by atoms with Gasteiger partial charge in [-0.2, -0.15) is 0 Å². The first-order valence-electron chi connectivity index (χ1n) is 8.83. The first kappa shape index (κ1) is 17.5. The Balaban J connectivity index is 1.51. The number of nitrogens with zero attached hydrogens (tertiary/aromatic N) is 3. The molecule has 0 saturated carbocycles. The summed E-state index contributed by atoms with van der Waals surface area (Å²) in [4.78, 5) is 11.7. The topological polar surface area (TPSA) is 59.8 Å². The van der Waals surface area contributed by atoms with Gasteiger partial charge in [-0.3, -0.25) is 4.79 Å². The number of anilines is 1. The standard InChI is InChI=1S/C21H19ClN4O/c1-14-19(9-10-21(14)27)23-18-4-2-3-16(11-18)20-13-26(25-24-20)12-15-5-7-17(22)8-6-15/h2-8,11,13,23H,9-10,12H2,1H3. The summed E-state index contributed by atoms with van der Waals surface area (Å²) in [5, 5.41) is 12.6. The van der Waals surface area contributed by atoms with Gasteiger partial charge in [0.2, 0.25) is 0 Å². The maximum atomic E-state index is 11.7. The van der Waals surface area contributed by atoms with Gasteiger partial charge in [-0.25, -0.2) is 4.68 Å². The lowest BCUT2D eigenvalue weighted by Gasteiger charge is -2.09. The molecule has 6 heteroatoms. The summed E-state index contributed by atoms with van der Waals surface area (Å²) in [7, 11) is 0. The molecule has 1 N–H and O–H groups in total. The number of Topliss-reactive ketones (excluding diaryl/α,β-unsaturated/α-hetero) is 1. The van der Waals surface area contributed by atoms with E-state index in [1.807, 2.05) is 61.7 Å². The second-order valence-corrected chi connectivity index (χ2v) is 7.10. The second-order valence-electron chi connectivity index (χ2n) is 6.66. The molecule has 0 atom stereocenters. The van der Waals surface area contributed by atoms with Crippen LogP contribution in [0.1, 0.15) is 25.3 Å². The van der Waals surface area contributed by atoms with Gasteiger partial charge in [0.05, 0.1) is 12.7 Å². The Morgan fingerprint density at radius 3 is 2.70 bits per heavy atom. The molecule has 4 rings (SSSR count). The molecule has 1 aliphatic carbocycles. The number of nitrogens with one attached hydrogen (secondary N) is 1. The van der Waals surface area contributed by atoms with E-state index < -0.39 is 0 Å². The number of benzene rings is 2. The molecular formula is C21H19ClN4O. The van der Waals surface area contributed by atoms with E-state index in [2.05, 4.69) is 15.6 Å². The fourth-order valence-corrected chi connectivity index (χ4v) is 3.28. The maximum absolute atomic E-state index is 11.7. The number of aromatic nitrogens is 3. The van der Waals surface area contributed by atoms with Gasteiger partial charge in [0, 0.05) is 34.0 Å². The summed E-state index contributed by atoms with van der Waals surface area (Å²) in [5.74, 6) is 0.221. The van der Waals surface area contributed by atoms with Crippen molar-refractivity contribution in [2.45, 2.75) is 26.3 Å². The molecule has 0 spiro atoms. The van der Waals surface area contributed by atoms with Crippen LogP contribution < -0.4 is 5.32 Å². The molecule has 2 aromatic carbocycles. The molecule has 0 unspecified atom stereocenters. The number of allylic oxidation sites excluding steroid dienone is 2. The highest BCUT2D eigenvalue weighted by molar-refractivity contribution is 6.30. The highest BCUT2D eigenvalue weighted by Gasteiger charge is 2.19. The Labute approximate surface area is 162 Å². The summed E-state index contributed by atoms with van der Waals surface area (Å²) in [6, 6.07) is 15.7. The van der Waals surface area contributed by atoms with Crippen molar-refractivity contribution in [3.8, 4) is 11.3 Å². The van der Waals surface area contributed by atoms with Crippen LogP contribution in [0.25, 0.3) is 11.3 Å². The molecule has 1 aliphatic rings. The van der Waals surface area contributed by atoms with E-state index in [9.17, 15) is 4.79 Å². The van der Waals surface area contributed by atoms with Crippen LogP contribution >= 0.6 is 11.6 Å². The van der Waals surface area contributed by atoms with Crippen LogP contribution in [-0.4, -0.2) is 20.8 Å². The van der Waals surface area contributed by atoms with Crippen LogP contribution in [-0.2, 0) is 11.3 Å². The maximum Gasteiger partial charge on any atom is 0.160 e. The Morgan fingerprint density at radius 1 is 1.15 bits per heavy atom. The van der Waals surface area contributed by atoms with E-state index in [4.69, 9.17) is 11.6 Å². The number of carbonyl (C=O) groups excluding carboxylic acids is 1. The van der Waals surface area contributed by atoms with Gasteiger partial charge >= 0.3 is 0 Å². The molecule has 0 aliphatic heterocycles. The molecular weight excluding hydrogens is 360 g/mol. The van der Waals surface area contributed by atoms with Crippen molar-refractivity contribution in [1.82, 2.24) is 15.0 Å². The third-order valence-electron chi connectivity index (χ3n) is 4.72. The van der Waals surface area contributed by atoms with Crippen molar-refractivity contribution in [3.63, 3.8) is 0 Å². The van der Waals surface area contributed by atoms with E-state index in [-0.39, 0.29) is 5.78 Å². The minimum absolute atomic E-state index is 0.221. The minimum atomic E-state index is 0.221. The third-order valence-corrected chi connectivity index (χ3v) is 4.98. The van der Waals surface area contributed by atoms with Crippen LogP contribution in [0, 0.1) is 0 Å². The second kappa shape index (κ2) is 7.37. The van der Waals surface area contributed by atoms with E-state index in [1.54, 1.807) is 4.68 Å². The van der Waals surface area contributed by atoms with Crippen LogP contribution in [0.5, 0.6) is 0 Å². The molecule has 3 aromatic rings. The van der Waals surface area contributed by atoms with Crippen LogP contribution in [0.15, 0.2) is 66.0 Å². The lowest BCUT2D eigenvalue weighted by molar-refractivity contribution is -0.114. The highest BCUT2D eigenvalue weighted by atomic mass is 35.5. The van der Waals surface area contributed by atoms with Gasteiger partial charge in [0.1, 0.15) is 5.69 Å². The summed E-state index contributed by atoms with van der Waals surface area (Å²) in [5.41, 5.74) is 5.67. The molecule has 27 heavy (non-hydrogen) atoms. The van der Waals surface area contributed by atoms with Crippen molar-refractivity contribution in [1.29, 1.82) is 0 Å². The molecule has 5 nitrogen and oxygen atoms in total. The molecule has 0 amide bonds. The van der Waals surface area contributed by atoms with Crippen molar-refractivity contribution >= 4 is 23.1 Å². The van der Waals surface area contributed by atoms with Gasteiger partial charge < -0.3 is 5.32 Å². The lowest BCUT2D eigenvalue weighted by Crippen LogP contribution is -2.00. The molecule has 0 radical (unpaired) electrons. The lowest BCUT2D eigenvalue weighted by atomic mass is 10.1. The first-order chi connectivity index (χ1) is 13.1. The minimum Gasteiger partial charge on any atom is -0.359 e. The Morgan fingerprint density at radius 2 is 1.96 bits per heavy atom. The predicted octanol–water partition coefficient (Wildman–Crippen LogP) is 4.70. The van der Waals surface area contributed by atoms with Gasteiger partial charge in [-0.05, 0) is 43.2 Å². The van der Waals surface area contributed by atoms with Crippen LogP contribution in [0.2, 0.25) is 5.02 Å². The zero-order valence-electron chi connectivity index (χ0n) is 14.9. The number of halogens is 1. The normalized spacial score (nSPS) is 14.1. The van der Waals surface area contributed by atoms with Gasteiger partial charge in [-0.15, -0.1) is 5.10 Å². The van der Waals surface area contributed by atoms with Crippen molar-refractivity contribution in [2.24, 2.45) is 0 Å². The van der Waals surface area contributed by atoms with Gasteiger partial charge in [-0.1, -0.05) is 41.1 Å². The van der Waals surface area contributed by atoms with E-state index in [1.165, 1.54) is 0 Å². The largest absolute Gasteiger partial charge is 0.359 e. The van der Waals surface area contributed by atoms with E-state index >= 15 is 0 Å². The van der Waals surface area contributed by atoms with Crippen LogP contribution in [0.4, 0.5) is 5.69 Å². The van der Waals surface area contributed by atoms with Crippen molar-refractivity contribution < 1.29 is 4.79 Å². The SMILES string of the molecule is CC1=C(Nc2cccc(-c3cn(Cc4ccc(Cl)cc4)nn3)c2)CCC1=O. The smallest absolute Gasteiger partial charge is 0.160 e. The van der Waals surface area contributed by atoms with E-state index in [0.29, 0.717) is 13.0 Å². The number of rotatable bonds is 5. The molecule has 0 bridgehead atoms. The third kappa shape index (κ3) is 3.93. The predicted molar refractivity (Wildman–Crippen MR) is 107 cm³/mol. The molecule has 0 fully saturated rings. The summed E-state index contributed by atoms with van der Waals surface area (Å²) >= 11 is 5.93. The first-order valence-corrected chi connectivity index (χ1v) is 9.21. The molecule has 1 aromatic heterocycles. The van der Waals surface area contributed by atoms with E-state index in [0.717, 1.165) is 45.2 Å². The molecule has 0 saturated heterocycles. The number of ketones is 1. The fourth-order valence-electron chi connectivity index (χ4n) is 3.15. The summed E-state index contributed by atoms with van der Waals surface area (Å²) in [6.07, 6.45) is 3.29. The monoisotopic (exact) mass is 378 g/mol. The molecule has 136 valence electrons. The average molecular weight is 379 g/mol. The van der Waals surface area contributed by atoms with Crippen LogP contribution in [0.3, 0.4) is 0 Å². The average Bonchev–Trinajstić information content (AvgIpc) is 3.26. The number of hydrogen-bond donors (Lipinski definition) is 1. The zero-order valence-corrected chi connectivity index (χ0v) is 15.7. The Hall–Kier alpha value is -2.92. The van der Waals surface area contributed by atoms with Gasteiger partial charge in [0.15, 0.2) is 5.78 Å².